The molecule has 0 fully saturated rings. The van der Waals surface area contributed by atoms with E-state index in [4.69, 9.17) is 14.2 Å². The van der Waals surface area contributed by atoms with Crippen LogP contribution < -0.4 is 9.47 Å². The molecule has 0 N–H and O–H groups in total. The third kappa shape index (κ3) is 3.99. The van der Waals surface area contributed by atoms with Crippen LogP contribution in [0.25, 0.3) is 6.08 Å². The second kappa shape index (κ2) is 8.60. The Hall–Kier alpha value is -3.61. The molecule has 0 atom stereocenters. The Labute approximate surface area is 169 Å². The van der Waals surface area contributed by atoms with Crippen molar-refractivity contribution < 1.29 is 23.8 Å². The van der Waals surface area contributed by atoms with Crippen LogP contribution in [-0.4, -0.2) is 43.1 Å². The Kier molecular flexibility index (Phi) is 5.97. The molecule has 0 bridgehead atoms. The zero-order valence-corrected chi connectivity index (χ0v) is 16.8. The summed E-state index contributed by atoms with van der Waals surface area (Å²) in [5, 5.41) is 0. The summed E-state index contributed by atoms with van der Waals surface area (Å²) >= 11 is 0. The normalized spacial score (nSPS) is 15.1. The zero-order valence-electron chi connectivity index (χ0n) is 16.8. The number of aromatic nitrogens is 1. The number of allylic oxidation sites excluding steroid dienone is 1. The van der Waals surface area contributed by atoms with E-state index in [9.17, 15) is 9.59 Å². The lowest BCUT2D eigenvalue weighted by molar-refractivity contribution is -0.136. The van der Waals surface area contributed by atoms with Crippen molar-refractivity contribution in [1.82, 2.24) is 9.88 Å². The molecular formula is C22H22N2O5. The minimum atomic E-state index is -0.572. The highest BCUT2D eigenvalue weighted by Gasteiger charge is 2.37. The predicted molar refractivity (Wildman–Crippen MR) is 107 cm³/mol. The summed E-state index contributed by atoms with van der Waals surface area (Å²) in [6.45, 7) is 2.02. The molecule has 0 saturated carbocycles. The summed E-state index contributed by atoms with van der Waals surface area (Å²) in [5.74, 6) is 0.295. The van der Waals surface area contributed by atoms with Gasteiger partial charge in [-0.2, -0.15) is 0 Å². The summed E-state index contributed by atoms with van der Waals surface area (Å²) < 4.78 is 15.6. The van der Waals surface area contributed by atoms with Crippen LogP contribution in [0.3, 0.4) is 0 Å². The summed E-state index contributed by atoms with van der Waals surface area (Å²) in [7, 11) is 4.39. The van der Waals surface area contributed by atoms with Crippen LogP contribution in [0, 0.1) is 0 Å². The molecule has 3 rings (SSSR count). The molecule has 2 heterocycles. The second-order valence-electron chi connectivity index (χ2n) is 6.37. The van der Waals surface area contributed by atoms with Gasteiger partial charge < -0.3 is 19.1 Å². The highest BCUT2D eigenvalue weighted by Crippen LogP contribution is 2.35. The van der Waals surface area contributed by atoms with Crippen molar-refractivity contribution in [1.29, 1.82) is 0 Å². The predicted octanol–water partition coefficient (Wildman–Crippen LogP) is 2.97. The minimum Gasteiger partial charge on any atom is -0.497 e. The van der Waals surface area contributed by atoms with Crippen molar-refractivity contribution in [2.75, 3.05) is 21.3 Å². The fraction of sp³-hybridized carbons (Fsp3) is 0.227. The molecule has 0 unspecified atom stereocenters. The molecule has 1 aromatic carbocycles. The maximum atomic E-state index is 13.2. The van der Waals surface area contributed by atoms with Gasteiger partial charge in [-0.3, -0.25) is 9.78 Å². The van der Waals surface area contributed by atoms with Gasteiger partial charge in [-0.15, -0.1) is 0 Å². The van der Waals surface area contributed by atoms with Gasteiger partial charge in [-0.25, -0.2) is 4.79 Å². The van der Waals surface area contributed by atoms with Crippen LogP contribution in [0.15, 0.2) is 59.6 Å². The minimum absolute atomic E-state index is 0.228. The van der Waals surface area contributed by atoms with E-state index in [2.05, 4.69) is 4.98 Å². The Balaban J connectivity index is 2.09. The number of esters is 1. The fourth-order valence-corrected chi connectivity index (χ4v) is 3.20. The van der Waals surface area contributed by atoms with E-state index in [0.29, 0.717) is 29.3 Å². The molecule has 2 aromatic rings. The highest BCUT2D eigenvalue weighted by atomic mass is 16.5. The summed E-state index contributed by atoms with van der Waals surface area (Å²) in [6, 6.07) is 8.92. The highest BCUT2D eigenvalue weighted by molar-refractivity contribution is 6.16. The maximum absolute atomic E-state index is 13.2. The van der Waals surface area contributed by atoms with Gasteiger partial charge in [0.25, 0.3) is 5.91 Å². The van der Waals surface area contributed by atoms with Gasteiger partial charge in [-0.05, 0) is 42.8 Å². The van der Waals surface area contributed by atoms with E-state index >= 15 is 0 Å². The van der Waals surface area contributed by atoms with E-state index in [-0.39, 0.29) is 17.1 Å². The van der Waals surface area contributed by atoms with Crippen molar-refractivity contribution >= 4 is 18.0 Å². The van der Waals surface area contributed by atoms with Gasteiger partial charge in [0, 0.05) is 23.7 Å². The van der Waals surface area contributed by atoms with Crippen molar-refractivity contribution in [2.24, 2.45) is 0 Å². The average molecular weight is 394 g/mol. The number of carbonyl (C=O) groups excluding carboxylic acids is 2. The second-order valence-corrected chi connectivity index (χ2v) is 6.37. The number of hydrogen-bond donors (Lipinski definition) is 0. The molecule has 150 valence electrons. The molecular weight excluding hydrogens is 372 g/mol. The number of carbonyl (C=O) groups is 2. The van der Waals surface area contributed by atoms with E-state index < -0.39 is 5.97 Å². The van der Waals surface area contributed by atoms with E-state index in [1.165, 1.54) is 14.2 Å². The monoisotopic (exact) mass is 394 g/mol. The quantitative estimate of drug-likeness (QED) is 0.554. The van der Waals surface area contributed by atoms with Crippen molar-refractivity contribution in [3.63, 3.8) is 0 Å². The van der Waals surface area contributed by atoms with Crippen LogP contribution in [0.4, 0.5) is 0 Å². The molecule has 1 aliphatic heterocycles. The van der Waals surface area contributed by atoms with Crippen LogP contribution in [0.2, 0.25) is 0 Å². The molecule has 0 spiro atoms. The van der Waals surface area contributed by atoms with Gasteiger partial charge in [-0.1, -0.05) is 6.07 Å². The first-order valence-electron chi connectivity index (χ1n) is 8.94. The summed E-state index contributed by atoms with van der Waals surface area (Å²) in [6.07, 6.45) is 4.98. The van der Waals surface area contributed by atoms with Crippen molar-refractivity contribution in [3.05, 3.63) is 70.7 Å². The van der Waals surface area contributed by atoms with Gasteiger partial charge in [0.05, 0.1) is 39.0 Å². The number of methoxy groups -OCH3 is 3. The Bertz CT molecular complexity index is 996. The molecule has 7 heteroatoms. The average Bonchev–Trinajstić information content (AvgIpc) is 2.98. The van der Waals surface area contributed by atoms with E-state index in [0.717, 1.165) is 5.56 Å². The van der Waals surface area contributed by atoms with Crippen molar-refractivity contribution in [2.45, 2.75) is 13.5 Å². The molecule has 29 heavy (non-hydrogen) atoms. The number of pyridine rings is 1. The number of hydrogen-bond acceptors (Lipinski definition) is 6. The molecule has 0 saturated heterocycles. The molecule has 1 aromatic heterocycles. The third-order valence-electron chi connectivity index (χ3n) is 4.70. The van der Waals surface area contributed by atoms with Crippen LogP contribution in [0.5, 0.6) is 11.5 Å². The van der Waals surface area contributed by atoms with Crippen LogP contribution in [-0.2, 0) is 20.9 Å². The Morgan fingerprint density at radius 3 is 2.59 bits per heavy atom. The largest absolute Gasteiger partial charge is 0.497 e. The maximum Gasteiger partial charge on any atom is 0.340 e. The number of nitrogens with zero attached hydrogens (tertiary/aromatic N) is 2. The Morgan fingerprint density at radius 2 is 1.97 bits per heavy atom. The zero-order chi connectivity index (χ0) is 21.0. The van der Waals surface area contributed by atoms with Crippen LogP contribution >= 0.6 is 0 Å². The topological polar surface area (TPSA) is 78.0 Å². The number of amides is 1. The fourth-order valence-electron chi connectivity index (χ4n) is 3.20. The lowest BCUT2D eigenvalue weighted by Crippen LogP contribution is -2.24. The van der Waals surface area contributed by atoms with Crippen molar-refractivity contribution in [3.8, 4) is 11.5 Å². The molecule has 7 nitrogen and oxygen atoms in total. The number of rotatable bonds is 6. The van der Waals surface area contributed by atoms with Gasteiger partial charge in [0.2, 0.25) is 0 Å². The van der Waals surface area contributed by atoms with Crippen LogP contribution in [0.1, 0.15) is 18.1 Å². The smallest absolute Gasteiger partial charge is 0.340 e. The molecule has 0 radical (unpaired) electrons. The molecule has 1 amide bonds. The van der Waals surface area contributed by atoms with Gasteiger partial charge >= 0.3 is 5.97 Å². The van der Waals surface area contributed by atoms with Gasteiger partial charge in [0.15, 0.2) is 0 Å². The summed E-state index contributed by atoms with van der Waals surface area (Å²) in [4.78, 5) is 31.3. The van der Waals surface area contributed by atoms with E-state index in [1.54, 1.807) is 61.7 Å². The standard InChI is InChI=1S/C22H22N2O5/c1-14-20(22(26)29-4)18(11-16-10-17(27-2)7-8-19(16)28-3)21(25)24(14)13-15-6-5-9-23-12-15/h5-12H,13H2,1-4H3/b18-11-. The first-order valence-corrected chi connectivity index (χ1v) is 8.94. The molecule has 0 aliphatic carbocycles. The van der Waals surface area contributed by atoms with E-state index in [1.807, 2.05) is 6.07 Å². The first kappa shape index (κ1) is 20.1. The lowest BCUT2D eigenvalue weighted by Gasteiger charge is -2.17. The summed E-state index contributed by atoms with van der Waals surface area (Å²) in [5.41, 5.74) is 2.46. The number of benzene rings is 1. The first-order chi connectivity index (χ1) is 14.0. The SMILES string of the molecule is COC(=O)C1=C(C)N(Cc2cccnc2)C(=O)/C1=C\c1cc(OC)ccc1OC. The number of ether oxygens (including phenoxy) is 3. The lowest BCUT2D eigenvalue weighted by atomic mass is 10.0. The Morgan fingerprint density at radius 1 is 1.17 bits per heavy atom. The third-order valence-corrected chi connectivity index (χ3v) is 4.70. The van der Waals surface area contributed by atoms with Gasteiger partial charge in [0.1, 0.15) is 11.5 Å². The molecule has 1 aliphatic rings.